The van der Waals surface area contributed by atoms with Gasteiger partial charge in [-0.05, 0) is 67.7 Å². The summed E-state index contributed by atoms with van der Waals surface area (Å²) in [6.07, 6.45) is 8.09. The van der Waals surface area contributed by atoms with Crippen molar-refractivity contribution in [1.29, 1.82) is 5.26 Å². The highest BCUT2D eigenvalue weighted by atomic mass is 19.1. The van der Waals surface area contributed by atoms with Gasteiger partial charge in [-0.2, -0.15) is 5.26 Å². The van der Waals surface area contributed by atoms with Crippen molar-refractivity contribution in [3.63, 3.8) is 0 Å². The number of pyridine rings is 1. The lowest BCUT2D eigenvalue weighted by atomic mass is 9.62. The number of nitrogens with one attached hydrogen (secondary N) is 2. The number of nitriles is 1. The number of H-pyrrole nitrogens is 1. The van der Waals surface area contributed by atoms with Crippen LogP contribution in [-0.2, 0) is 0 Å². The van der Waals surface area contributed by atoms with E-state index in [1.54, 1.807) is 12.3 Å². The fourth-order valence-corrected chi connectivity index (χ4v) is 5.75. The number of aromatic amines is 1. The van der Waals surface area contributed by atoms with Crippen LogP contribution >= 0.6 is 0 Å². The monoisotopic (exact) mass is 426 g/mol. The van der Waals surface area contributed by atoms with Crippen LogP contribution in [0.1, 0.15) is 38.2 Å². The molecule has 6 nitrogen and oxygen atoms in total. The number of halogens is 1. The lowest BCUT2D eigenvalue weighted by Gasteiger charge is -2.47. The molecule has 7 heteroatoms. The zero-order valence-electron chi connectivity index (χ0n) is 17.8. The van der Waals surface area contributed by atoms with E-state index < -0.39 is 5.82 Å². The topological polar surface area (TPSA) is 90.3 Å². The van der Waals surface area contributed by atoms with Crippen LogP contribution in [0, 0.1) is 34.9 Å². The molecule has 0 saturated heterocycles. The molecule has 0 radical (unpaired) electrons. The summed E-state index contributed by atoms with van der Waals surface area (Å²) in [5, 5.41) is 14.7. The summed E-state index contributed by atoms with van der Waals surface area (Å²) in [6.45, 7) is 2.34. The molecule has 3 fully saturated rings. The Morgan fingerprint density at radius 2 is 1.91 bits per heavy atom. The Hall–Kier alpha value is -3.53. The van der Waals surface area contributed by atoms with E-state index in [4.69, 9.17) is 9.97 Å². The van der Waals surface area contributed by atoms with Gasteiger partial charge in [0.05, 0.1) is 23.3 Å². The highest BCUT2D eigenvalue weighted by Crippen LogP contribution is 2.46. The van der Waals surface area contributed by atoms with Gasteiger partial charge in [-0.25, -0.2) is 19.3 Å². The molecule has 3 heterocycles. The Morgan fingerprint density at radius 3 is 2.69 bits per heavy atom. The van der Waals surface area contributed by atoms with Crippen LogP contribution in [0.5, 0.6) is 0 Å². The molecule has 3 aliphatic rings. The minimum absolute atomic E-state index is 0.348. The summed E-state index contributed by atoms with van der Waals surface area (Å²) in [6, 6.07) is 9.50. The first-order chi connectivity index (χ1) is 15.6. The van der Waals surface area contributed by atoms with Crippen LogP contribution in [0.4, 0.5) is 10.2 Å². The number of hydrogen-bond acceptors (Lipinski definition) is 5. The third-order valence-electron chi connectivity index (χ3n) is 7.50. The average molecular weight is 426 g/mol. The SMILES string of the molecule is CC1C2CCC(CC2)C1Nc1nc(-c2c[nH]c3ncc(F)cc23)nc2ccc(C#N)cc12. The molecule has 0 aliphatic heterocycles. The van der Waals surface area contributed by atoms with Crippen molar-refractivity contribution in [3.8, 4) is 17.5 Å². The van der Waals surface area contributed by atoms with Crippen molar-refractivity contribution in [2.75, 3.05) is 5.32 Å². The van der Waals surface area contributed by atoms with Gasteiger partial charge in [0, 0.05) is 28.6 Å². The number of hydrogen-bond donors (Lipinski definition) is 2. The van der Waals surface area contributed by atoms with Crippen molar-refractivity contribution in [2.24, 2.45) is 17.8 Å². The molecule has 0 amide bonds. The number of aromatic nitrogens is 4. The molecule has 2 atom stereocenters. The molecule has 2 bridgehead atoms. The first-order valence-corrected chi connectivity index (χ1v) is 11.2. The Morgan fingerprint density at radius 1 is 1.09 bits per heavy atom. The van der Waals surface area contributed by atoms with Crippen molar-refractivity contribution in [1.82, 2.24) is 19.9 Å². The van der Waals surface area contributed by atoms with Gasteiger partial charge < -0.3 is 10.3 Å². The van der Waals surface area contributed by atoms with Gasteiger partial charge in [0.2, 0.25) is 0 Å². The van der Waals surface area contributed by atoms with Crippen LogP contribution in [0.2, 0.25) is 0 Å². The minimum atomic E-state index is -0.400. The van der Waals surface area contributed by atoms with Gasteiger partial charge in [-0.3, -0.25) is 0 Å². The molecular formula is C25H23FN6. The molecule has 4 aromatic rings. The maximum atomic E-state index is 13.9. The van der Waals surface area contributed by atoms with E-state index in [2.05, 4.69) is 28.3 Å². The van der Waals surface area contributed by atoms with E-state index in [-0.39, 0.29) is 0 Å². The largest absolute Gasteiger partial charge is 0.366 e. The molecule has 0 spiro atoms. The number of anilines is 1. The van der Waals surface area contributed by atoms with Gasteiger partial charge >= 0.3 is 0 Å². The summed E-state index contributed by atoms with van der Waals surface area (Å²) in [4.78, 5) is 16.9. The maximum absolute atomic E-state index is 13.9. The van der Waals surface area contributed by atoms with Crippen molar-refractivity contribution in [3.05, 3.63) is 48.0 Å². The number of fused-ring (bicyclic) bond motifs is 5. The minimum Gasteiger partial charge on any atom is -0.366 e. The van der Waals surface area contributed by atoms with E-state index >= 15 is 0 Å². The van der Waals surface area contributed by atoms with Crippen LogP contribution < -0.4 is 5.32 Å². The molecular weight excluding hydrogens is 403 g/mol. The van der Waals surface area contributed by atoms with E-state index in [1.165, 1.54) is 37.9 Å². The summed E-state index contributed by atoms with van der Waals surface area (Å²) in [5.41, 5.74) is 2.63. The van der Waals surface area contributed by atoms with Gasteiger partial charge in [-0.1, -0.05) is 6.92 Å². The van der Waals surface area contributed by atoms with Crippen LogP contribution in [-0.4, -0.2) is 26.0 Å². The quantitative estimate of drug-likeness (QED) is 0.456. The summed E-state index contributed by atoms with van der Waals surface area (Å²) < 4.78 is 13.9. The maximum Gasteiger partial charge on any atom is 0.164 e. The predicted molar refractivity (Wildman–Crippen MR) is 121 cm³/mol. The zero-order valence-corrected chi connectivity index (χ0v) is 17.8. The fourth-order valence-electron chi connectivity index (χ4n) is 5.75. The molecule has 2 unspecified atom stereocenters. The van der Waals surface area contributed by atoms with Gasteiger partial charge in [0.25, 0.3) is 0 Å². The highest BCUT2D eigenvalue weighted by molar-refractivity contribution is 5.96. The standard InChI is InChI=1S/C25H23FN6/c1-13-15-3-5-16(6-4-15)22(13)31-24-19-8-14(10-27)2-7-21(19)30-25(32-24)20-12-29-23-18(20)9-17(26)11-28-23/h2,7-9,11-13,15-16,22H,3-6H2,1H3,(H,28,29)(H,30,31,32). The number of benzene rings is 1. The lowest BCUT2D eigenvalue weighted by Crippen LogP contribution is -2.47. The third kappa shape index (κ3) is 3.01. The van der Waals surface area contributed by atoms with Gasteiger partial charge in [-0.15, -0.1) is 0 Å². The van der Waals surface area contributed by atoms with E-state index in [0.29, 0.717) is 45.9 Å². The molecule has 32 heavy (non-hydrogen) atoms. The molecule has 7 rings (SSSR count). The van der Waals surface area contributed by atoms with E-state index in [1.807, 2.05) is 12.1 Å². The van der Waals surface area contributed by atoms with Gasteiger partial charge in [0.15, 0.2) is 5.82 Å². The van der Waals surface area contributed by atoms with Crippen molar-refractivity contribution >= 4 is 27.8 Å². The van der Waals surface area contributed by atoms with Gasteiger partial charge in [0.1, 0.15) is 17.3 Å². The Kier molecular flexibility index (Phi) is 4.35. The molecule has 160 valence electrons. The highest BCUT2D eigenvalue weighted by Gasteiger charge is 2.41. The Bertz CT molecular complexity index is 1380. The second-order valence-electron chi connectivity index (χ2n) is 9.20. The number of rotatable bonds is 3. The summed E-state index contributed by atoms with van der Waals surface area (Å²) >= 11 is 0. The molecule has 1 aromatic carbocycles. The van der Waals surface area contributed by atoms with Crippen molar-refractivity contribution in [2.45, 2.75) is 38.6 Å². The second kappa shape index (κ2) is 7.27. The van der Waals surface area contributed by atoms with Crippen LogP contribution in [0.15, 0.2) is 36.7 Å². The lowest BCUT2D eigenvalue weighted by molar-refractivity contribution is 0.0929. The molecule has 3 aromatic heterocycles. The number of nitrogens with zero attached hydrogens (tertiary/aromatic N) is 4. The van der Waals surface area contributed by atoms with E-state index in [0.717, 1.165) is 22.6 Å². The first-order valence-electron chi connectivity index (χ1n) is 11.2. The van der Waals surface area contributed by atoms with Crippen LogP contribution in [0.25, 0.3) is 33.3 Å². The zero-order chi connectivity index (χ0) is 21.8. The summed E-state index contributed by atoms with van der Waals surface area (Å²) in [5.74, 6) is 2.81. The normalized spacial score (nSPS) is 24.7. The average Bonchev–Trinajstić information content (AvgIpc) is 3.24. The Balaban J connectivity index is 1.51. The van der Waals surface area contributed by atoms with Crippen LogP contribution in [0.3, 0.4) is 0 Å². The predicted octanol–water partition coefficient (Wildman–Crippen LogP) is 5.42. The molecule has 3 aliphatic carbocycles. The molecule has 2 N–H and O–H groups in total. The molecule has 3 saturated carbocycles. The Labute approximate surface area is 184 Å². The van der Waals surface area contributed by atoms with E-state index in [9.17, 15) is 9.65 Å². The smallest absolute Gasteiger partial charge is 0.164 e. The third-order valence-corrected chi connectivity index (χ3v) is 7.50. The second-order valence-corrected chi connectivity index (χ2v) is 9.20. The fraction of sp³-hybridized carbons (Fsp3) is 0.360. The summed E-state index contributed by atoms with van der Waals surface area (Å²) in [7, 11) is 0. The van der Waals surface area contributed by atoms with Crippen molar-refractivity contribution < 1.29 is 4.39 Å². The first kappa shape index (κ1) is 19.2.